The van der Waals surface area contributed by atoms with E-state index in [1.165, 1.54) is 12.1 Å². The monoisotopic (exact) mass is 489 g/mol. The van der Waals surface area contributed by atoms with E-state index in [0.29, 0.717) is 21.3 Å². The molecule has 0 spiro atoms. The van der Waals surface area contributed by atoms with Gasteiger partial charge in [0.15, 0.2) is 5.75 Å². The van der Waals surface area contributed by atoms with Gasteiger partial charge >= 0.3 is 8.25 Å². The van der Waals surface area contributed by atoms with Gasteiger partial charge in [-0.1, -0.05) is 41.4 Å². The molecule has 1 aliphatic heterocycles. The molecule has 0 fully saturated rings. The van der Waals surface area contributed by atoms with E-state index in [2.05, 4.69) is 17.3 Å². The van der Waals surface area contributed by atoms with Crippen LogP contribution < -0.4 is 9.84 Å². The lowest BCUT2D eigenvalue weighted by Crippen LogP contribution is -2.31. The molecular formula is C23H20Cl2N2O4P+. The maximum atomic E-state index is 12.6. The number of benzene rings is 3. The van der Waals surface area contributed by atoms with Crippen LogP contribution in [0.1, 0.15) is 33.0 Å². The Morgan fingerprint density at radius 3 is 2.62 bits per heavy atom. The van der Waals surface area contributed by atoms with Gasteiger partial charge in [0.25, 0.3) is 5.91 Å². The van der Waals surface area contributed by atoms with Crippen LogP contribution in [0.5, 0.6) is 5.75 Å². The summed E-state index contributed by atoms with van der Waals surface area (Å²) in [6.07, 6.45) is 0. The molecule has 32 heavy (non-hydrogen) atoms. The van der Waals surface area contributed by atoms with Crippen LogP contribution >= 0.6 is 31.5 Å². The van der Waals surface area contributed by atoms with Crippen molar-refractivity contribution in [2.24, 2.45) is 0 Å². The SMILES string of the molecule is CN1Cc2c(Cl)cc(Cl)cc2C(c2ccc(NC(=O)c3cccc(O[P+](=O)O)c3)cc2)C1. The van der Waals surface area contributed by atoms with E-state index in [-0.39, 0.29) is 17.6 Å². The average Bonchev–Trinajstić information content (AvgIpc) is 2.74. The molecule has 6 nitrogen and oxygen atoms in total. The Morgan fingerprint density at radius 2 is 1.91 bits per heavy atom. The summed E-state index contributed by atoms with van der Waals surface area (Å²) in [6, 6.07) is 17.5. The minimum atomic E-state index is -2.79. The number of hydrogen-bond acceptors (Lipinski definition) is 4. The van der Waals surface area contributed by atoms with Gasteiger partial charge in [0.2, 0.25) is 0 Å². The molecule has 4 rings (SSSR count). The summed E-state index contributed by atoms with van der Waals surface area (Å²) in [5, 5.41) is 4.12. The number of hydrogen-bond donors (Lipinski definition) is 2. The summed E-state index contributed by atoms with van der Waals surface area (Å²) < 4.78 is 15.6. The summed E-state index contributed by atoms with van der Waals surface area (Å²) in [5.41, 5.74) is 4.24. The maximum absolute atomic E-state index is 12.6. The molecule has 1 amide bonds. The summed E-state index contributed by atoms with van der Waals surface area (Å²) in [4.78, 5) is 23.7. The van der Waals surface area contributed by atoms with E-state index in [1.807, 2.05) is 30.3 Å². The second-order valence-electron chi connectivity index (χ2n) is 7.64. The Labute approximate surface area is 196 Å². The van der Waals surface area contributed by atoms with Crippen LogP contribution in [0.2, 0.25) is 10.0 Å². The van der Waals surface area contributed by atoms with Crippen molar-refractivity contribution in [2.45, 2.75) is 12.5 Å². The fourth-order valence-corrected chi connectivity index (χ4v) is 4.78. The van der Waals surface area contributed by atoms with Crippen molar-refractivity contribution >= 4 is 43.1 Å². The number of nitrogens with one attached hydrogen (secondary N) is 1. The standard InChI is InChI=1S/C23H19Cl2N2O4P/c1-27-12-20(19-10-16(24)11-22(25)21(19)13-27)14-5-7-17(8-6-14)26-23(28)15-3-2-4-18(9-15)31-32(29)30/h2-11,20H,12-13H2,1H3,(H-,26,28,29,30)/p+1. The molecule has 0 aromatic heterocycles. The van der Waals surface area contributed by atoms with Gasteiger partial charge < -0.3 is 10.2 Å². The first-order valence-electron chi connectivity index (χ1n) is 9.82. The van der Waals surface area contributed by atoms with Gasteiger partial charge in [0, 0.05) is 44.9 Å². The third kappa shape index (κ3) is 5.12. The number of rotatable bonds is 5. The van der Waals surface area contributed by atoms with Crippen molar-refractivity contribution in [2.75, 3.05) is 18.9 Å². The van der Waals surface area contributed by atoms with Crippen LogP contribution in [0.4, 0.5) is 5.69 Å². The van der Waals surface area contributed by atoms with Gasteiger partial charge in [-0.25, -0.2) is 4.52 Å². The highest BCUT2D eigenvalue weighted by Gasteiger charge is 2.27. The van der Waals surface area contributed by atoms with Crippen molar-refractivity contribution in [1.82, 2.24) is 4.90 Å². The summed E-state index contributed by atoms with van der Waals surface area (Å²) in [5.74, 6) is -0.0920. The molecule has 0 saturated heterocycles. The third-order valence-corrected chi connectivity index (χ3v) is 6.27. The molecule has 2 unspecified atom stereocenters. The minimum absolute atomic E-state index is 0.110. The highest BCUT2D eigenvalue weighted by molar-refractivity contribution is 7.32. The van der Waals surface area contributed by atoms with Gasteiger partial charge in [-0.05, 0) is 66.2 Å². The van der Waals surface area contributed by atoms with Crippen molar-refractivity contribution < 1.29 is 18.8 Å². The van der Waals surface area contributed by atoms with Crippen LogP contribution in [-0.2, 0) is 11.1 Å². The lowest BCUT2D eigenvalue weighted by Gasteiger charge is -2.33. The van der Waals surface area contributed by atoms with Crippen molar-refractivity contribution in [3.63, 3.8) is 0 Å². The zero-order valence-electron chi connectivity index (χ0n) is 17.1. The molecule has 2 N–H and O–H groups in total. The van der Waals surface area contributed by atoms with E-state index in [1.54, 1.807) is 18.2 Å². The van der Waals surface area contributed by atoms with Crippen LogP contribution in [0.3, 0.4) is 0 Å². The molecular weight excluding hydrogens is 470 g/mol. The molecule has 0 aliphatic carbocycles. The van der Waals surface area contributed by atoms with Crippen LogP contribution in [0.15, 0.2) is 60.7 Å². The fourth-order valence-electron chi connectivity index (χ4n) is 3.92. The molecule has 164 valence electrons. The largest absolute Gasteiger partial charge is 0.747 e. The topological polar surface area (TPSA) is 78.9 Å². The number of carbonyl (C=O) groups is 1. The van der Waals surface area contributed by atoms with Gasteiger partial charge in [-0.2, -0.15) is 0 Å². The molecule has 0 saturated carbocycles. The predicted octanol–water partition coefficient (Wildman–Crippen LogP) is 5.85. The first-order valence-corrected chi connectivity index (χ1v) is 11.7. The maximum Gasteiger partial charge on any atom is 0.747 e. The lowest BCUT2D eigenvalue weighted by atomic mass is 9.84. The average molecular weight is 490 g/mol. The lowest BCUT2D eigenvalue weighted by molar-refractivity contribution is 0.102. The van der Waals surface area contributed by atoms with Gasteiger partial charge in [0.05, 0.1) is 0 Å². The normalized spacial score (nSPS) is 16.2. The first-order chi connectivity index (χ1) is 15.3. The quantitative estimate of drug-likeness (QED) is 0.439. The van der Waals surface area contributed by atoms with Crippen LogP contribution in [-0.4, -0.2) is 29.3 Å². The summed E-state index contributed by atoms with van der Waals surface area (Å²) >= 11 is 12.7. The zero-order chi connectivity index (χ0) is 22.8. The Morgan fingerprint density at radius 1 is 1.16 bits per heavy atom. The Hall–Kier alpha value is -2.47. The molecule has 2 atom stereocenters. The fraction of sp³-hybridized carbons (Fsp3) is 0.174. The minimum Gasteiger partial charge on any atom is -0.322 e. The van der Waals surface area contributed by atoms with Crippen LogP contribution in [0.25, 0.3) is 0 Å². The number of fused-ring (bicyclic) bond motifs is 1. The molecule has 3 aromatic carbocycles. The van der Waals surface area contributed by atoms with Crippen molar-refractivity contribution in [3.8, 4) is 5.75 Å². The smallest absolute Gasteiger partial charge is 0.322 e. The van der Waals surface area contributed by atoms with Crippen LogP contribution in [0, 0.1) is 0 Å². The van der Waals surface area contributed by atoms with E-state index in [9.17, 15) is 9.36 Å². The predicted molar refractivity (Wildman–Crippen MR) is 126 cm³/mol. The Bertz CT molecular complexity index is 1190. The van der Waals surface area contributed by atoms with E-state index in [0.717, 1.165) is 29.8 Å². The molecule has 9 heteroatoms. The van der Waals surface area contributed by atoms with E-state index in [4.69, 9.17) is 32.6 Å². The van der Waals surface area contributed by atoms with E-state index >= 15 is 0 Å². The highest BCUT2D eigenvalue weighted by Crippen LogP contribution is 2.38. The van der Waals surface area contributed by atoms with Crippen molar-refractivity contribution in [1.29, 1.82) is 0 Å². The zero-order valence-corrected chi connectivity index (χ0v) is 19.5. The number of carbonyl (C=O) groups excluding carboxylic acids is 1. The Balaban J connectivity index is 1.53. The molecule has 1 heterocycles. The van der Waals surface area contributed by atoms with Gasteiger partial charge in [-0.15, -0.1) is 4.89 Å². The van der Waals surface area contributed by atoms with E-state index < -0.39 is 8.25 Å². The first kappa shape index (κ1) is 22.7. The molecule has 0 radical (unpaired) electrons. The van der Waals surface area contributed by atoms with Gasteiger partial charge in [0.1, 0.15) is 0 Å². The number of likely N-dealkylation sites (N-methyl/N-ethyl adjacent to an activating group) is 1. The Kier molecular flexibility index (Phi) is 6.79. The molecule has 1 aliphatic rings. The molecule has 0 bridgehead atoms. The number of nitrogens with zero attached hydrogens (tertiary/aromatic N) is 1. The van der Waals surface area contributed by atoms with Gasteiger partial charge in [-0.3, -0.25) is 4.79 Å². The summed E-state index contributed by atoms with van der Waals surface area (Å²) in [7, 11) is -0.739. The highest BCUT2D eigenvalue weighted by atomic mass is 35.5. The third-order valence-electron chi connectivity index (χ3n) is 5.34. The van der Waals surface area contributed by atoms with Crippen molar-refractivity contribution in [3.05, 3.63) is 93.0 Å². The number of amides is 1. The summed E-state index contributed by atoms with van der Waals surface area (Å²) in [6.45, 7) is 1.60. The number of anilines is 1. The second-order valence-corrected chi connectivity index (χ2v) is 9.14. The number of halogens is 2. The second kappa shape index (κ2) is 9.57. The molecule has 3 aromatic rings.